The van der Waals surface area contributed by atoms with Crippen molar-refractivity contribution < 1.29 is 9.18 Å². The molecule has 2 aromatic rings. The third kappa shape index (κ3) is 3.14. The van der Waals surface area contributed by atoms with Gasteiger partial charge in [-0.05, 0) is 34.9 Å². The Morgan fingerprint density at radius 2 is 2.00 bits per heavy atom. The summed E-state index contributed by atoms with van der Waals surface area (Å²) in [7, 11) is 0. The van der Waals surface area contributed by atoms with Gasteiger partial charge in [0.2, 0.25) is 0 Å². The van der Waals surface area contributed by atoms with Crippen LogP contribution in [-0.4, -0.2) is 5.91 Å². The van der Waals surface area contributed by atoms with Gasteiger partial charge in [-0.15, -0.1) is 0 Å². The van der Waals surface area contributed by atoms with E-state index >= 15 is 0 Å². The molecule has 2 aromatic carbocycles. The first-order valence-corrected chi connectivity index (χ1v) is 7.47. The maximum atomic E-state index is 13.6. The third-order valence-electron chi connectivity index (χ3n) is 3.53. The van der Waals surface area contributed by atoms with Crippen LogP contribution in [0.4, 0.5) is 4.39 Å². The van der Waals surface area contributed by atoms with Gasteiger partial charge in [0.1, 0.15) is 5.82 Å². The Morgan fingerprint density at radius 1 is 1.19 bits per heavy atom. The first kappa shape index (κ1) is 14.2. The van der Waals surface area contributed by atoms with Gasteiger partial charge in [-0.3, -0.25) is 4.79 Å². The van der Waals surface area contributed by atoms with E-state index in [2.05, 4.69) is 38.7 Å². The second-order valence-corrected chi connectivity index (χ2v) is 5.93. The van der Waals surface area contributed by atoms with Crippen molar-refractivity contribution >= 4 is 21.8 Å². The number of amides is 1. The molecule has 1 aliphatic heterocycles. The number of hydrogen-bond acceptors (Lipinski definition) is 2. The van der Waals surface area contributed by atoms with E-state index in [0.29, 0.717) is 11.0 Å². The van der Waals surface area contributed by atoms with E-state index < -0.39 is 11.7 Å². The summed E-state index contributed by atoms with van der Waals surface area (Å²) in [6.07, 6.45) is 0. The zero-order valence-corrected chi connectivity index (χ0v) is 12.8. The van der Waals surface area contributed by atoms with Crippen LogP contribution in [0.5, 0.6) is 0 Å². The quantitative estimate of drug-likeness (QED) is 0.894. The monoisotopic (exact) mass is 348 g/mol. The fourth-order valence-corrected chi connectivity index (χ4v) is 2.77. The van der Waals surface area contributed by atoms with Crippen LogP contribution in [0.2, 0.25) is 0 Å². The van der Waals surface area contributed by atoms with Crippen LogP contribution in [0.3, 0.4) is 0 Å². The highest BCUT2D eigenvalue weighted by Gasteiger charge is 2.13. The molecule has 0 unspecified atom stereocenters. The van der Waals surface area contributed by atoms with Crippen molar-refractivity contribution in [3.63, 3.8) is 0 Å². The predicted octanol–water partition coefficient (Wildman–Crippen LogP) is 3.12. The highest BCUT2D eigenvalue weighted by atomic mass is 79.9. The molecule has 0 spiro atoms. The van der Waals surface area contributed by atoms with E-state index in [4.69, 9.17) is 0 Å². The highest BCUT2D eigenvalue weighted by Crippen LogP contribution is 2.18. The minimum Gasteiger partial charge on any atom is -0.348 e. The summed E-state index contributed by atoms with van der Waals surface area (Å²) in [5.74, 6) is -0.929. The van der Waals surface area contributed by atoms with E-state index in [9.17, 15) is 9.18 Å². The standard InChI is InChI=1S/C16H14BrFN2O/c17-13-3-4-15(18)14(6-13)16(21)20-7-10-1-2-11-8-19-9-12(11)5-10/h1-6,19H,7-9H2,(H,20,21). The van der Waals surface area contributed by atoms with Crippen molar-refractivity contribution in [3.05, 3.63) is 68.9 Å². The van der Waals surface area contributed by atoms with Crippen molar-refractivity contribution in [1.82, 2.24) is 10.6 Å². The lowest BCUT2D eigenvalue weighted by molar-refractivity contribution is 0.0947. The molecule has 1 heterocycles. The Kier molecular flexibility index (Phi) is 4.03. The van der Waals surface area contributed by atoms with Crippen LogP contribution < -0.4 is 10.6 Å². The van der Waals surface area contributed by atoms with Gasteiger partial charge in [0, 0.05) is 24.1 Å². The topological polar surface area (TPSA) is 41.1 Å². The summed E-state index contributed by atoms with van der Waals surface area (Å²) in [5.41, 5.74) is 3.62. The van der Waals surface area contributed by atoms with E-state index in [1.807, 2.05) is 6.07 Å². The Morgan fingerprint density at radius 3 is 2.86 bits per heavy atom. The lowest BCUT2D eigenvalue weighted by atomic mass is 10.1. The first-order chi connectivity index (χ1) is 10.1. The average molecular weight is 349 g/mol. The normalized spacial score (nSPS) is 13.0. The summed E-state index contributed by atoms with van der Waals surface area (Å²) >= 11 is 3.24. The largest absolute Gasteiger partial charge is 0.348 e. The predicted molar refractivity (Wildman–Crippen MR) is 82.3 cm³/mol. The average Bonchev–Trinajstić information content (AvgIpc) is 2.94. The first-order valence-electron chi connectivity index (χ1n) is 6.68. The lowest BCUT2D eigenvalue weighted by Crippen LogP contribution is -2.23. The van der Waals surface area contributed by atoms with Crippen LogP contribution >= 0.6 is 15.9 Å². The van der Waals surface area contributed by atoms with E-state index in [1.54, 1.807) is 6.07 Å². The van der Waals surface area contributed by atoms with E-state index in [1.165, 1.54) is 23.3 Å². The molecule has 0 saturated heterocycles. The summed E-state index contributed by atoms with van der Waals surface area (Å²) in [5, 5.41) is 6.03. The molecule has 21 heavy (non-hydrogen) atoms. The van der Waals surface area contributed by atoms with Crippen molar-refractivity contribution in [2.75, 3.05) is 0 Å². The number of fused-ring (bicyclic) bond motifs is 1. The molecule has 1 aliphatic rings. The number of hydrogen-bond donors (Lipinski definition) is 2. The number of carbonyl (C=O) groups excluding carboxylic acids is 1. The zero-order valence-electron chi connectivity index (χ0n) is 11.2. The molecule has 0 fully saturated rings. The fraction of sp³-hybridized carbons (Fsp3) is 0.188. The van der Waals surface area contributed by atoms with Crippen molar-refractivity contribution in [3.8, 4) is 0 Å². The van der Waals surface area contributed by atoms with Crippen LogP contribution in [-0.2, 0) is 19.6 Å². The number of halogens is 2. The van der Waals surface area contributed by atoms with Gasteiger partial charge in [0.05, 0.1) is 5.56 Å². The summed E-state index contributed by atoms with van der Waals surface area (Å²) in [6, 6.07) is 10.5. The van der Waals surface area contributed by atoms with Gasteiger partial charge in [-0.2, -0.15) is 0 Å². The third-order valence-corrected chi connectivity index (χ3v) is 4.02. The summed E-state index contributed by atoms with van der Waals surface area (Å²) in [6.45, 7) is 2.14. The Balaban J connectivity index is 1.70. The number of nitrogens with one attached hydrogen (secondary N) is 2. The van der Waals surface area contributed by atoms with Gasteiger partial charge in [0.15, 0.2) is 0 Å². The van der Waals surface area contributed by atoms with Crippen LogP contribution in [0.15, 0.2) is 40.9 Å². The minimum absolute atomic E-state index is 0.0483. The SMILES string of the molecule is O=C(NCc1ccc2c(c1)CNC2)c1cc(Br)ccc1F. The fourth-order valence-electron chi connectivity index (χ4n) is 2.41. The maximum Gasteiger partial charge on any atom is 0.254 e. The molecule has 0 radical (unpaired) electrons. The van der Waals surface area contributed by atoms with Crippen LogP contribution in [0.25, 0.3) is 0 Å². The molecule has 5 heteroatoms. The molecule has 108 valence electrons. The molecule has 0 atom stereocenters. The number of carbonyl (C=O) groups is 1. The van der Waals surface area contributed by atoms with Gasteiger partial charge in [0.25, 0.3) is 5.91 Å². The second kappa shape index (κ2) is 5.95. The van der Waals surface area contributed by atoms with E-state index in [0.717, 1.165) is 18.7 Å². The van der Waals surface area contributed by atoms with Crippen LogP contribution in [0, 0.1) is 5.82 Å². The van der Waals surface area contributed by atoms with Crippen LogP contribution in [0.1, 0.15) is 27.0 Å². The molecule has 2 N–H and O–H groups in total. The van der Waals surface area contributed by atoms with E-state index in [-0.39, 0.29) is 5.56 Å². The summed E-state index contributed by atoms with van der Waals surface area (Å²) < 4.78 is 14.3. The highest BCUT2D eigenvalue weighted by molar-refractivity contribution is 9.10. The molecular weight excluding hydrogens is 335 g/mol. The van der Waals surface area contributed by atoms with Gasteiger partial charge < -0.3 is 10.6 Å². The molecule has 3 rings (SSSR count). The Labute approximate surface area is 130 Å². The number of benzene rings is 2. The van der Waals surface area contributed by atoms with Gasteiger partial charge >= 0.3 is 0 Å². The second-order valence-electron chi connectivity index (χ2n) is 5.01. The molecule has 0 aromatic heterocycles. The molecule has 1 amide bonds. The molecule has 0 saturated carbocycles. The Bertz CT molecular complexity index is 703. The zero-order chi connectivity index (χ0) is 14.8. The molecule has 3 nitrogen and oxygen atoms in total. The smallest absolute Gasteiger partial charge is 0.254 e. The van der Waals surface area contributed by atoms with Gasteiger partial charge in [-0.1, -0.05) is 34.1 Å². The molecular formula is C16H14BrFN2O. The summed E-state index contributed by atoms with van der Waals surface area (Å²) in [4.78, 5) is 12.0. The molecule has 0 aliphatic carbocycles. The maximum absolute atomic E-state index is 13.6. The molecule has 0 bridgehead atoms. The Hall–Kier alpha value is -1.72. The van der Waals surface area contributed by atoms with Crippen molar-refractivity contribution in [1.29, 1.82) is 0 Å². The number of rotatable bonds is 3. The minimum atomic E-state index is -0.520. The van der Waals surface area contributed by atoms with Crippen molar-refractivity contribution in [2.45, 2.75) is 19.6 Å². The lowest BCUT2D eigenvalue weighted by Gasteiger charge is -2.08. The van der Waals surface area contributed by atoms with Gasteiger partial charge in [-0.25, -0.2) is 4.39 Å². The van der Waals surface area contributed by atoms with Crippen molar-refractivity contribution in [2.24, 2.45) is 0 Å².